The minimum absolute atomic E-state index is 0.196. The molecule has 2 heterocycles. The molecule has 31 heavy (non-hydrogen) atoms. The zero-order chi connectivity index (χ0) is 21.6. The fourth-order valence-electron chi connectivity index (χ4n) is 3.13. The van der Waals surface area contributed by atoms with Crippen molar-refractivity contribution >= 4 is 17.3 Å². The third kappa shape index (κ3) is 4.69. The zero-order valence-electron chi connectivity index (χ0n) is 17.1. The highest BCUT2D eigenvalue weighted by Gasteiger charge is 2.17. The van der Waals surface area contributed by atoms with Crippen LogP contribution in [0.15, 0.2) is 77.6 Å². The van der Waals surface area contributed by atoms with Crippen molar-refractivity contribution < 1.29 is 0 Å². The highest BCUT2D eigenvalue weighted by Crippen LogP contribution is 2.30. The van der Waals surface area contributed by atoms with Crippen LogP contribution in [0.2, 0.25) is 0 Å². The first-order chi connectivity index (χ1) is 15.1. The van der Waals surface area contributed by atoms with Crippen molar-refractivity contribution in [1.82, 2.24) is 19.7 Å². The van der Waals surface area contributed by atoms with E-state index in [0.29, 0.717) is 41.8 Å². The Morgan fingerprint density at radius 1 is 0.839 bits per heavy atom. The first-order valence-electron chi connectivity index (χ1n) is 9.92. The van der Waals surface area contributed by atoms with Gasteiger partial charge < -0.3 is 16.4 Å². The molecule has 8 heteroatoms. The number of aromatic nitrogens is 4. The zero-order valence-corrected chi connectivity index (χ0v) is 17.1. The van der Waals surface area contributed by atoms with Gasteiger partial charge in [0.1, 0.15) is 17.1 Å². The fraction of sp³-hybridized carbons (Fsp3) is 0.130. The Hall–Kier alpha value is -4.20. The first kappa shape index (κ1) is 20.1. The van der Waals surface area contributed by atoms with Crippen LogP contribution in [0.3, 0.4) is 0 Å². The molecule has 0 saturated carbocycles. The van der Waals surface area contributed by atoms with Gasteiger partial charge in [-0.15, -0.1) is 0 Å². The average molecular weight is 413 g/mol. The second-order valence-electron chi connectivity index (χ2n) is 6.92. The predicted octanol–water partition coefficient (Wildman–Crippen LogP) is 3.01. The summed E-state index contributed by atoms with van der Waals surface area (Å²) in [4.78, 5) is 21.1. The number of hydrogen-bond acceptors (Lipinski definition) is 7. The Labute approximate surface area is 179 Å². The van der Waals surface area contributed by atoms with Gasteiger partial charge in [0.2, 0.25) is 0 Å². The van der Waals surface area contributed by atoms with Crippen molar-refractivity contribution in [2.75, 3.05) is 29.5 Å². The van der Waals surface area contributed by atoms with Crippen molar-refractivity contribution in [3.63, 3.8) is 0 Å². The lowest BCUT2D eigenvalue weighted by Crippen LogP contribution is -2.19. The summed E-state index contributed by atoms with van der Waals surface area (Å²) in [6, 6.07) is 22.7. The Bertz CT molecular complexity index is 1220. The molecule has 4 N–H and O–H groups in total. The normalized spacial score (nSPS) is 10.6. The highest BCUT2D eigenvalue weighted by molar-refractivity contribution is 5.79. The van der Waals surface area contributed by atoms with Crippen molar-refractivity contribution in [3.8, 4) is 22.6 Å². The van der Waals surface area contributed by atoms with Gasteiger partial charge in [-0.1, -0.05) is 48.5 Å². The molecule has 8 nitrogen and oxygen atoms in total. The van der Waals surface area contributed by atoms with Crippen molar-refractivity contribution in [3.05, 3.63) is 83.2 Å². The van der Waals surface area contributed by atoms with Gasteiger partial charge in [0.15, 0.2) is 11.6 Å². The van der Waals surface area contributed by atoms with E-state index in [2.05, 4.69) is 20.7 Å². The lowest BCUT2D eigenvalue weighted by Gasteiger charge is -2.14. The van der Waals surface area contributed by atoms with Gasteiger partial charge in [-0.2, -0.15) is 5.10 Å². The molecule has 0 radical (unpaired) electrons. The predicted molar refractivity (Wildman–Crippen MR) is 124 cm³/mol. The molecule has 0 unspecified atom stereocenters. The molecule has 0 fully saturated rings. The number of aryl methyl sites for hydroxylation is 1. The summed E-state index contributed by atoms with van der Waals surface area (Å²) in [5, 5.41) is 10.9. The highest BCUT2D eigenvalue weighted by atomic mass is 16.1. The second-order valence-corrected chi connectivity index (χ2v) is 6.92. The molecule has 0 amide bonds. The van der Waals surface area contributed by atoms with E-state index in [9.17, 15) is 4.79 Å². The average Bonchev–Trinajstić information content (AvgIpc) is 2.80. The van der Waals surface area contributed by atoms with Gasteiger partial charge in [0.05, 0.1) is 0 Å². The van der Waals surface area contributed by atoms with Crippen LogP contribution in [0.1, 0.15) is 0 Å². The summed E-state index contributed by atoms with van der Waals surface area (Å²) in [5.74, 6) is 0.771. The molecule has 0 bridgehead atoms. The molecule has 4 aromatic rings. The maximum atomic E-state index is 11.8. The number of nitrogens with two attached hydrogens (primary N) is 1. The van der Waals surface area contributed by atoms with E-state index in [0.717, 1.165) is 11.3 Å². The number of rotatable bonds is 7. The third-order valence-electron chi connectivity index (χ3n) is 4.69. The number of para-hydroxylation sites is 1. The van der Waals surface area contributed by atoms with Crippen molar-refractivity contribution in [2.45, 2.75) is 0 Å². The van der Waals surface area contributed by atoms with Crippen molar-refractivity contribution in [1.29, 1.82) is 0 Å². The number of anilines is 3. The number of nitrogen functional groups attached to an aromatic ring is 1. The minimum atomic E-state index is -0.196. The summed E-state index contributed by atoms with van der Waals surface area (Å²) in [7, 11) is 1.60. The number of nitrogens with zero attached hydrogens (tertiary/aromatic N) is 4. The van der Waals surface area contributed by atoms with Crippen LogP contribution in [0.4, 0.5) is 17.3 Å². The Kier molecular flexibility index (Phi) is 5.89. The number of hydrogen-bond donors (Lipinski definition) is 3. The molecule has 0 aliphatic carbocycles. The molecule has 0 saturated heterocycles. The van der Waals surface area contributed by atoms with E-state index in [1.54, 1.807) is 13.1 Å². The number of benzene rings is 2. The molecular weight excluding hydrogens is 390 g/mol. The van der Waals surface area contributed by atoms with Gasteiger partial charge >= 0.3 is 0 Å². The first-order valence-corrected chi connectivity index (χ1v) is 9.92. The fourth-order valence-corrected chi connectivity index (χ4v) is 3.13. The summed E-state index contributed by atoms with van der Waals surface area (Å²) < 4.78 is 1.28. The van der Waals surface area contributed by atoms with Crippen LogP contribution >= 0.6 is 0 Å². The Morgan fingerprint density at radius 3 is 2.23 bits per heavy atom. The molecule has 4 rings (SSSR count). The molecular formula is C23H23N7O. The molecule has 0 spiro atoms. The van der Waals surface area contributed by atoms with Crippen LogP contribution in [0.25, 0.3) is 22.6 Å². The standard InChI is InChI=1S/C23H23N7O/c1-30-19(31)13-12-18(29-30)21-20(16-8-4-2-5-9-16)27-22(24)23(28-21)26-15-14-25-17-10-6-3-7-11-17/h2-13,25H,14-15H2,1H3,(H2,24,27)(H,26,28). The summed E-state index contributed by atoms with van der Waals surface area (Å²) in [5.41, 5.74) is 9.63. The van der Waals surface area contributed by atoms with Crippen LogP contribution in [-0.2, 0) is 7.05 Å². The van der Waals surface area contributed by atoms with Gasteiger partial charge in [-0.3, -0.25) is 4.79 Å². The van der Waals surface area contributed by atoms with E-state index in [1.165, 1.54) is 10.7 Å². The maximum absolute atomic E-state index is 11.8. The van der Waals surface area contributed by atoms with Crippen molar-refractivity contribution in [2.24, 2.45) is 7.05 Å². The van der Waals surface area contributed by atoms with E-state index in [1.807, 2.05) is 60.7 Å². The van der Waals surface area contributed by atoms with E-state index in [4.69, 9.17) is 10.7 Å². The van der Waals surface area contributed by atoms with Crippen LogP contribution in [0.5, 0.6) is 0 Å². The lowest BCUT2D eigenvalue weighted by atomic mass is 10.1. The maximum Gasteiger partial charge on any atom is 0.266 e. The van der Waals surface area contributed by atoms with Gasteiger partial charge in [0.25, 0.3) is 5.56 Å². The lowest BCUT2D eigenvalue weighted by molar-refractivity contribution is 0.711. The minimum Gasteiger partial charge on any atom is -0.383 e. The Morgan fingerprint density at radius 2 is 1.52 bits per heavy atom. The largest absolute Gasteiger partial charge is 0.383 e. The van der Waals surface area contributed by atoms with Crippen LogP contribution in [0, 0.1) is 0 Å². The summed E-state index contributed by atoms with van der Waals surface area (Å²) >= 11 is 0. The SMILES string of the molecule is Cn1nc(-c2nc(NCCNc3ccccc3)c(N)nc2-c2ccccc2)ccc1=O. The molecule has 2 aromatic heterocycles. The molecule has 2 aromatic carbocycles. The molecule has 0 aliphatic rings. The van der Waals surface area contributed by atoms with Gasteiger partial charge in [-0.05, 0) is 18.2 Å². The third-order valence-corrected chi connectivity index (χ3v) is 4.69. The molecule has 0 aliphatic heterocycles. The molecule has 0 atom stereocenters. The second kappa shape index (κ2) is 9.08. The van der Waals surface area contributed by atoms with Crippen LogP contribution < -0.4 is 21.9 Å². The summed E-state index contributed by atoms with van der Waals surface area (Å²) in [6.07, 6.45) is 0. The van der Waals surface area contributed by atoms with E-state index < -0.39 is 0 Å². The van der Waals surface area contributed by atoms with E-state index >= 15 is 0 Å². The van der Waals surface area contributed by atoms with Crippen LogP contribution in [-0.4, -0.2) is 32.8 Å². The Balaban J connectivity index is 1.64. The topological polar surface area (TPSA) is 111 Å². The molecule has 156 valence electrons. The monoisotopic (exact) mass is 413 g/mol. The van der Waals surface area contributed by atoms with Gasteiger partial charge in [0, 0.05) is 37.5 Å². The number of nitrogens with one attached hydrogen (secondary N) is 2. The summed E-state index contributed by atoms with van der Waals surface area (Å²) in [6.45, 7) is 1.28. The van der Waals surface area contributed by atoms with E-state index in [-0.39, 0.29) is 5.56 Å². The van der Waals surface area contributed by atoms with Gasteiger partial charge in [-0.25, -0.2) is 14.6 Å². The smallest absolute Gasteiger partial charge is 0.266 e. The quantitative estimate of drug-likeness (QED) is 0.399.